The standard InChI is InChI=1S/C55H94ClN3O3/c1-49-51(43-42-50(48-57)52(49)56)59-53(60)55(58(54(59)61)46-47-62-2)44-40-38-36-34-32-30-28-26-24-22-20-18-16-14-12-10-8-6-4-3-5-7-9-11-13-15-17-19-21-23-25-27-29-31-33-35-37-39-41-45-55/h42-43H,3-41,44-47H2,1-2H3. The highest BCUT2D eigenvalue weighted by molar-refractivity contribution is 6.33. The van der Waals surface area contributed by atoms with Crippen LogP contribution < -0.4 is 4.90 Å². The van der Waals surface area contributed by atoms with E-state index in [1.807, 2.05) is 4.90 Å². The summed E-state index contributed by atoms with van der Waals surface area (Å²) >= 11 is 6.60. The van der Waals surface area contributed by atoms with Crippen LogP contribution in [0.4, 0.5) is 10.5 Å². The van der Waals surface area contributed by atoms with Crippen molar-refractivity contribution in [3.05, 3.63) is 28.3 Å². The second-order valence-electron chi connectivity index (χ2n) is 19.6. The van der Waals surface area contributed by atoms with Crippen molar-refractivity contribution in [2.45, 2.75) is 276 Å². The second-order valence-corrected chi connectivity index (χ2v) is 19.9. The van der Waals surface area contributed by atoms with Crippen LogP contribution in [0.3, 0.4) is 0 Å². The maximum absolute atomic E-state index is 14.8. The number of halogens is 1. The Balaban J connectivity index is 1.52. The average molecular weight is 881 g/mol. The fourth-order valence-corrected chi connectivity index (χ4v) is 10.6. The molecule has 1 heterocycles. The van der Waals surface area contributed by atoms with Gasteiger partial charge in [0.15, 0.2) is 0 Å². The summed E-state index contributed by atoms with van der Waals surface area (Å²) in [5.41, 5.74) is 0.534. The van der Waals surface area contributed by atoms with Crippen molar-refractivity contribution in [2.24, 2.45) is 0 Å². The number of hydrogen-bond acceptors (Lipinski definition) is 4. The van der Waals surface area contributed by atoms with E-state index in [-0.39, 0.29) is 11.9 Å². The molecule has 0 radical (unpaired) electrons. The Kier molecular flexibility index (Phi) is 30.8. The lowest BCUT2D eigenvalue weighted by molar-refractivity contribution is -0.126. The molecule has 0 unspecified atom stereocenters. The zero-order chi connectivity index (χ0) is 44.4. The van der Waals surface area contributed by atoms with E-state index in [4.69, 9.17) is 16.3 Å². The van der Waals surface area contributed by atoms with Crippen molar-refractivity contribution in [3.63, 3.8) is 0 Å². The number of methoxy groups -OCH3 is 1. The lowest BCUT2D eigenvalue weighted by Crippen LogP contribution is -2.51. The van der Waals surface area contributed by atoms with Gasteiger partial charge in [-0.05, 0) is 37.5 Å². The number of urea groups is 1. The minimum Gasteiger partial charge on any atom is -0.383 e. The summed E-state index contributed by atoms with van der Waals surface area (Å²) in [4.78, 5) is 32.3. The van der Waals surface area contributed by atoms with Crippen molar-refractivity contribution in [1.29, 1.82) is 5.26 Å². The zero-order valence-corrected chi connectivity index (χ0v) is 41.3. The van der Waals surface area contributed by atoms with Gasteiger partial charge in [0.1, 0.15) is 11.6 Å². The molecule has 1 spiro atoms. The smallest absolute Gasteiger partial charge is 0.332 e. The maximum Gasteiger partial charge on any atom is 0.332 e. The van der Waals surface area contributed by atoms with Crippen LogP contribution >= 0.6 is 11.6 Å². The predicted octanol–water partition coefficient (Wildman–Crippen LogP) is 17.7. The van der Waals surface area contributed by atoms with Crippen LogP contribution in [0.25, 0.3) is 0 Å². The molecule has 0 atom stereocenters. The fraction of sp³-hybridized carbons (Fsp3) is 0.836. The van der Waals surface area contributed by atoms with E-state index in [1.54, 1.807) is 26.2 Å². The number of rotatable bonds is 4. The number of benzene rings is 1. The lowest BCUT2D eigenvalue weighted by atomic mass is 9.84. The molecular formula is C55H94ClN3O3. The minimum atomic E-state index is -0.895. The van der Waals surface area contributed by atoms with E-state index in [0.717, 1.165) is 25.7 Å². The molecule has 0 N–H and O–H groups in total. The summed E-state index contributed by atoms with van der Waals surface area (Å²) in [6.07, 6.45) is 53.8. The first kappa shape index (κ1) is 54.2. The molecule has 3 rings (SSSR count). The first-order valence-electron chi connectivity index (χ1n) is 26.8. The molecule has 1 aliphatic heterocycles. The molecule has 1 saturated heterocycles. The summed E-state index contributed by atoms with van der Waals surface area (Å²) < 4.78 is 5.50. The Labute approximate surface area is 387 Å². The van der Waals surface area contributed by atoms with E-state index in [1.165, 1.54) is 230 Å². The van der Waals surface area contributed by atoms with E-state index in [0.29, 0.717) is 47.8 Å². The third kappa shape index (κ3) is 20.8. The van der Waals surface area contributed by atoms with Crippen molar-refractivity contribution in [3.8, 4) is 6.07 Å². The van der Waals surface area contributed by atoms with Crippen molar-refractivity contribution in [2.75, 3.05) is 25.2 Å². The summed E-state index contributed by atoms with van der Waals surface area (Å²) in [6, 6.07) is 5.19. The molecule has 1 aliphatic carbocycles. The Bertz CT molecular complexity index is 1320. The van der Waals surface area contributed by atoms with Crippen LogP contribution in [0.1, 0.15) is 274 Å². The van der Waals surface area contributed by atoms with Gasteiger partial charge in [0.2, 0.25) is 0 Å². The molecular weight excluding hydrogens is 786 g/mol. The minimum absolute atomic E-state index is 0.140. The van der Waals surface area contributed by atoms with Gasteiger partial charge >= 0.3 is 6.03 Å². The largest absolute Gasteiger partial charge is 0.383 e. The summed E-state index contributed by atoms with van der Waals surface area (Å²) in [5.74, 6) is -0.140. The molecule has 6 nitrogen and oxygen atoms in total. The number of carbonyl (C=O) groups excluding carboxylic acids is 2. The van der Waals surface area contributed by atoms with Gasteiger partial charge in [0, 0.05) is 13.7 Å². The SMILES string of the molecule is COCCN1C(=O)N(c2ccc(C#N)c(Cl)c2C)C(=O)C12CCCCCCCCCCCCCCCCCCCCCCCCCCCCCCCCCCCCCCCCC2. The molecule has 0 aromatic heterocycles. The van der Waals surface area contributed by atoms with Gasteiger partial charge in [-0.3, -0.25) is 4.79 Å². The highest BCUT2D eigenvalue weighted by Gasteiger charge is 2.56. The molecule has 3 amide bonds. The highest BCUT2D eigenvalue weighted by atomic mass is 35.5. The second kappa shape index (κ2) is 35.2. The normalized spacial score (nSPS) is 22.0. The summed E-state index contributed by atoms with van der Waals surface area (Å²) in [5, 5.41) is 9.89. The van der Waals surface area contributed by atoms with E-state index in [2.05, 4.69) is 6.07 Å². The first-order chi connectivity index (χ1) is 30.5. The number of hydrogen-bond donors (Lipinski definition) is 0. The van der Waals surface area contributed by atoms with Crippen LogP contribution in [-0.4, -0.2) is 42.6 Å². The maximum atomic E-state index is 14.8. The number of nitrogens with zero attached hydrogens (tertiary/aromatic N) is 3. The van der Waals surface area contributed by atoms with Crippen LogP contribution in [0, 0.1) is 18.3 Å². The fourth-order valence-electron chi connectivity index (χ4n) is 10.4. The average Bonchev–Trinajstić information content (AvgIpc) is 3.47. The van der Waals surface area contributed by atoms with Crippen molar-refractivity contribution in [1.82, 2.24) is 4.90 Å². The zero-order valence-electron chi connectivity index (χ0n) is 40.5. The summed E-state index contributed by atoms with van der Waals surface area (Å²) in [7, 11) is 1.66. The van der Waals surface area contributed by atoms with Crippen LogP contribution in [0.15, 0.2) is 12.1 Å². The van der Waals surface area contributed by atoms with Gasteiger partial charge in [-0.1, -0.05) is 262 Å². The highest BCUT2D eigenvalue weighted by Crippen LogP contribution is 2.42. The monoisotopic (exact) mass is 880 g/mol. The van der Waals surface area contributed by atoms with Gasteiger partial charge < -0.3 is 9.64 Å². The Morgan fingerprint density at radius 2 is 0.823 bits per heavy atom. The van der Waals surface area contributed by atoms with Crippen LogP contribution in [0.5, 0.6) is 0 Å². The van der Waals surface area contributed by atoms with Gasteiger partial charge in [-0.2, -0.15) is 5.26 Å². The molecule has 1 aromatic rings. The number of anilines is 1. The van der Waals surface area contributed by atoms with E-state index < -0.39 is 5.54 Å². The van der Waals surface area contributed by atoms with E-state index >= 15 is 0 Å². The molecule has 1 aromatic carbocycles. The number of carbonyl (C=O) groups is 2. The van der Waals surface area contributed by atoms with Gasteiger partial charge in [0.25, 0.3) is 5.91 Å². The van der Waals surface area contributed by atoms with Gasteiger partial charge in [0.05, 0.1) is 22.9 Å². The molecule has 62 heavy (non-hydrogen) atoms. The topological polar surface area (TPSA) is 73.6 Å². The Morgan fingerprint density at radius 3 is 1.10 bits per heavy atom. The quantitative estimate of drug-likeness (QED) is 0.282. The Morgan fingerprint density at radius 1 is 0.532 bits per heavy atom. The van der Waals surface area contributed by atoms with Crippen LogP contribution in [-0.2, 0) is 9.53 Å². The first-order valence-corrected chi connectivity index (χ1v) is 27.2. The predicted molar refractivity (Wildman–Crippen MR) is 264 cm³/mol. The van der Waals surface area contributed by atoms with Crippen molar-refractivity contribution >= 4 is 29.2 Å². The van der Waals surface area contributed by atoms with E-state index in [9.17, 15) is 14.9 Å². The van der Waals surface area contributed by atoms with Crippen LogP contribution in [0.2, 0.25) is 5.02 Å². The lowest BCUT2D eigenvalue weighted by Gasteiger charge is -2.35. The number of ether oxygens (including phenoxy) is 1. The number of nitriles is 1. The van der Waals surface area contributed by atoms with Crippen molar-refractivity contribution < 1.29 is 14.3 Å². The molecule has 0 bridgehead atoms. The molecule has 1 saturated carbocycles. The third-order valence-corrected chi connectivity index (χ3v) is 14.9. The number of amides is 3. The molecule has 7 heteroatoms. The molecule has 2 aliphatic rings. The number of imide groups is 1. The molecule has 354 valence electrons. The Hall–Kier alpha value is -2.10. The van der Waals surface area contributed by atoms with Gasteiger partial charge in [-0.25, -0.2) is 9.69 Å². The van der Waals surface area contributed by atoms with Gasteiger partial charge in [-0.15, -0.1) is 0 Å². The third-order valence-electron chi connectivity index (χ3n) is 14.5. The molecule has 2 fully saturated rings. The summed E-state index contributed by atoms with van der Waals surface area (Å²) in [6.45, 7) is 2.55.